The monoisotopic (exact) mass is 426 g/mol. The number of imidazole rings is 1. The number of nitrogens with one attached hydrogen (secondary N) is 1. The Balaban J connectivity index is 1.38. The van der Waals surface area contributed by atoms with Crippen molar-refractivity contribution in [2.75, 3.05) is 13.1 Å². The predicted molar refractivity (Wildman–Crippen MR) is 113 cm³/mol. The highest BCUT2D eigenvalue weighted by atomic mass is 35.5. The van der Waals surface area contributed by atoms with Gasteiger partial charge in [0.25, 0.3) is 6.01 Å². The molecule has 0 bridgehead atoms. The van der Waals surface area contributed by atoms with Gasteiger partial charge in [0.2, 0.25) is 5.91 Å². The molecule has 3 heterocycles. The Bertz CT molecular complexity index is 1110. The van der Waals surface area contributed by atoms with Crippen LogP contribution in [0, 0.1) is 0 Å². The summed E-state index contributed by atoms with van der Waals surface area (Å²) in [6.45, 7) is 2.82. The van der Waals surface area contributed by atoms with E-state index in [1.807, 2.05) is 24.3 Å². The molecule has 0 unspecified atom stereocenters. The molecule has 30 heavy (non-hydrogen) atoms. The van der Waals surface area contributed by atoms with Gasteiger partial charge in [-0.1, -0.05) is 35.9 Å². The summed E-state index contributed by atoms with van der Waals surface area (Å²) in [5, 5.41) is 11.0. The quantitative estimate of drug-likeness (QED) is 0.664. The van der Waals surface area contributed by atoms with Gasteiger partial charge >= 0.3 is 0 Å². The molecular weight excluding hydrogens is 404 g/mol. The first-order valence-corrected chi connectivity index (χ1v) is 10.6. The molecule has 1 aliphatic heterocycles. The second-order valence-electron chi connectivity index (χ2n) is 8.19. The number of aromatic amines is 1. The number of fused-ring (bicyclic) bond motifs is 1. The van der Waals surface area contributed by atoms with Crippen LogP contribution in [0.2, 0.25) is 5.02 Å². The van der Waals surface area contributed by atoms with Crippen LogP contribution in [0.25, 0.3) is 22.4 Å². The molecule has 156 valence electrons. The number of rotatable bonds is 4. The Kier molecular flexibility index (Phi) is 4.67. The van der Waals surface area contributed by atoms with Gasteiger partial charge < -0.3 is 19.7 Å². The molecule has 0 radical (unpaired) electrons. The lowest BCUT2D eigenvalue weighted by molar-refractivity contribution is -0.128. The SMILES string of the molecule is CC(=O)N1CC[C@H](Oc2nc3nc(-c4ccc(C5(O)CCC5)cc4)c(Cl)cc3[nH]2)C1. The van der Waals surface area contributed by atoms with Crippen molar-refractivity contribution in [2.24, 2.45) is 0 Å². The molecule has 1 atom stereocenters. The van der Waals surface area contributed by atoms with Gasteiger partial charge in [-0.15, -0.1) is 0 Å². The fourth-order valence-corrected chi connectivity index (χ4v) is 4.42. The van der Waals surface area contributed by atoms with Crippen LogP contribution < -0.4 is 4.74 Å². The van der Waals surface area contributed by atoms with E-state index in [0.29, 0.717) is 41.0 Å². The number of aliphatic hydroxyl groups is 1. The molecule has 1 saturated carbocycles. The van der Waals surface area contributed by atoms with Crippen LogP contribution >= 0.6 is 11.6 Å². The summed E-state index contributed by atoms with van der Waals surface area (Å²) in [7, 11) is 0. The van der Waals surface area contributed by atoms with Crippen LogP contribution in [0.3, 0.4) is 0 Å². The first-order chi connectivity index (χ1) is 14.4. The maximum Gasteiger partial charge on any atom is 0.296 e. The minimum absolute atomic E-state index is 0.0549. The number of amides is 1. The highest BCUT2D eigenvalue weighted by molar-refractivity contribution is 6.33. The molecule has 2 N–H and O–H groups in total. The van der Waals surface area contributed by atoms with Gasteiger partial charge in [-0.3, -0.25) is 4.79 Å². The first-order valence-electron chi connectivity index (χ1n) is 10.2. The number of aromatic nitrogens is 3. The maximum absolute atomic E-state index is 11.5. The largest absolute Gasteiger partial charge is 0.459 e. The summed E-state index contributed by atoms with van der Waals surface area (Å²) in [6.07, 6.45) is 3.35. The molecule has 2 fully saturated rings. The molecule has 0 spiro atoms. The summed E-state index contributed by atoms with van der Waals surface area (Å²) in [5.41, 5.74) is 2.96. The van der Waals surface area contributed by atoms with E-state index in [9.17, 15) is 9.90 Å². The summed E-state index contributed by atoms with van der Waals surface area (Å²) in [4.78, 5) is 25.5. The summed E-state index contributed by atoms with van der Waals surface area (Å²) < 4.78 is 5.93. The van der Waals surface area contributed by atoms with E-state index in [2.05, 4.69) is 15.0 Å². The smallest absolute Gasteiger partial charge is 0.296 e. The average molecular weight is 427 g/mol. The Morgan fingerprint density at radius 1 is 1.30 bits per heavy atom. The summed E-state index contributed by atoms with van der Waals surface area (Å²) in [5.74, 6) is 0.0549. The van der Waals surface area contributed by atoms with E-state index in [1.165, 1.54) is 0 Å². The normalized spacial score (nSPS) is 20.4. The number of likely N-dealkylation sites (tertiary alicyclic amines) is 1. The maximum atomic E-state index is 11.5. The third-order valence-corrected chi connectivity index (χ3v) is 6.44. The van der Waals surface area contributed by atoms with E-state index in [0.717, 1.165) is 36.8 Å². The average Bonchev–Trinajstić information content (AvgIpc) is 3.32. The van der Waals surface area contributed by atoms with Crippen LogP contribution in [-0.2, 0) is 10.4 Å². The van der Waals surface area contributed by atoms with Crippen molar-refractivity contribution in [3.05, 3.63) is 40.9 Å². The molecule has 2 aliphatic rings. The van der Waals surface area contributed by atoms with Gasteiger partial charge in [0.15, 0.2) is 5.65 Å². The highest BCUT2D eigenvalue weighted by Gasteiger charge is 2.36. The van der Waals surface area contributed by atoms with Crippen LogP contribution in [-0.4, -0.2) is 50.1 Å². The van der Waals surface area contributed by atoms with Crippen molar-refractivity contribution in [2.45, 2.75) is 44.3 Å². The second kappa shape index (κ2) is 7.25. The Hall–Kier alpha value is -2.64. The van der Waals surface area contributed by atoms with Gasteiger partial charge in [-0.05, 0) is 30.9 Å². The summed E-state index contributed by atoms with van der Waals surface area (Å²) >= 11 is 6.49. The number of H-pyrrole nitrogens is 1. The number of ether oxygens (including phenoxy) is 1. The van der Waals surface area contributed by atoms with Crippen molar-refractivity contribution in [1.29, 1.82) is 0 Å². The molecule has 1 amide bonds. The van der Waals surface area contributed by atoms with Gasteiger partial charge in [-0.2, -0.15) is 4.98 Å². The van der Waals surface area contributed by atoms with E-state index in [4.69, 9.17) is 16.3 Å². The van der Waals surface area contributed by atoms with Crippen molar-refractivity contribution in [3.63, 3.8) is 0 Å². The molecule has 8 heteroatoms. The fraction of sp³-hybridized carbons (Fsp3) is 0.409. The van der Waals surface area contributed by atoms with Crippen molar-refractivity contribution >= 4 is 28.7 Å². The number of hydrogen-bond acceptors (Lipinski definition) is 5. The molecule has 1 aliphatic carbocycles. The van der Waals surface area contributed by atoms with E-state index in [1.54, 1.807) is 17.9 Å². The van der Waals surface area contributed by atoms with Crippen LogP contribution in [0.5, 0.6) is 6.01 Å². The van der Waals surface area contributed by atoms with Crippen molar-refractivity contribution < 1.29 is 14.6 Å². The fourth-order valence-electron chi connectivity index (χ4n) is 4.16. The zero-order valence-electron chi connectivity index (χ0n) is 16.7. The lowest BCUT2D eigenvalue weighted by atomic mass is 9.75. The van der Waals surface area contributed by atoms with Crippen LogP contribution in [0.15, 0.2) is 30.3 Å². The van der Waals surface area contributed by atoms with E-state index >= 15 is 0 Å². The third-order valence-electron chi connectivity index (χ3n) is 6.15. The Morgan fingerprint density at radius 2 is 2.07 bits per heavy atom. The van der Waals surface area contributed by atoms with Gasteiger partial charge in [0, 0.05) is 25.5 Å². The van der Waals surface area contributed by atoms with Crippen LogP contribution in [0.4, 0.5) is 0 Å². The lowest BCUT2D eigenvalue weighted by Crippen LogP contribution is -2.33. The minimum Gasteiger partial charge on any atom is -0.459 e. The first kappa shape index (κ1) is 19.3. The van der Waals surface area contributed by atoms with Crippen molar-refractivity contribution in [3.8, 4) is 17.3 Å². The highest BCUT2D eigenvalue weighted by Crippen LogP contribution is 2.41. The van der Waals surface area contributed by atoms with Crippen molar-refractivity contribution in [1.82, 2.24) is 19.9 Å². The molecular formula is C22H23ClN4O3. The Labute approximate surface area is 179 Å². The van der Waals surface area contributed by atoms with Gasteiger partial charge in [0.1, 0.15) is 6.10 Å². The third kappa shape index (κ3) is 3.42. The number of carbonyl (C=O) groups is 1. The molecule has 7 nitrogen and oxygen atoms in total. The number of hydrogen-bond donors (Lipinski definition) is 2. The minimum atomic E-state index is -0.688. The van der Waals surface area contributed by atoms with Crippen LogP contribution in [0.1, 0.15) is 38.2 Å². The standard InChI is InChI=1S/C22H23ClN4O3/c1-13(28)27-10-7-16(12-27)30-21-24-18-11-17(23)19(25-20(18)26-21)14-3-5-15(6-4-14)22(29)8-2-9-22/h3-6,11,16,29H,2,7-10,12H2,1H3,(H,24,25,26)/t16-/m0/s1. The second-order valence-corrected chi connectivity index (χ2v) is 8.60. The van der Waals surface area contributed by atoms with E-state index < -0.39 is 5.60 Å². The zero-order chi connectivity index (χ0) is 20.9. The summed E-state index contributed by atoms with van der Waals surface area (Å²) in [6, 6.07) is 9.93. The molecule has 2 aromatic heterocycles. The molecule has 1 saturated heterocycles. The van der Waals surface area contributed by atoms with Gasteiger partial charge in [-0.25, -0.2) is 4.98 Å². The number of benzene rings is 1. The number of carbonyl (C=O) groups excluding carboxylic acids is 1. The topological polar surface area (TPSA) is 91.3 Å². The Morgan fingerprint density at radius 3 is 2.70 bits per heavy atom. The molecule has 3 aromatic rings. The zero-order valence-corrected chi connectivity index (χ0v) is 17.4. The molecule has 1 aromatic carbocycles. The van der Waals surface area contributed by atoms with E-state index in [-0.39, 0.29) is 12.0 Å². The predicted octanol–water partition coefficient (Wildman–Crippen LogP) is 3.65. The number of halogens is 1. The lowest BCUT2D eigenvalue weighted by Gasteiger charge is -2.37. The van der Waals surface area contributed by atoms with Gasteiger partial charge in [0.05, 0.1) is 28.4 Å². The molecule has 5 rings (SSSR count). The number of pyridine rings is 1. The number of nitrogens with zero attached hydrogens (tertiary/aromatic N) is 3.